The Hall–Kier alpha value is -2.14. The smallest absolute Gasteiger partial charge is 0.226 e. The molecule has 20 heavy (non-hydrogen) atoms. The molecule has 2 aliphatic carbocycles. The topological polar surface area (TPSA) is 58.1 Å². The molecular weight excluding hydrogens is 276 g/mol. The highest BCUT2D eigenvalue weighted by atomic mass is 35.5. The van der Waals surface area contributed by atoms with Gasteiger partial charge in [0.1, 0.15) is 0 Å². The summed E-state index contributed by atoms with van der Waals surface area (Å²) in [5.74, 6) is 0.303. The number of benzene rings is 1. The first kappa shape index (κ1) is 14.3. The van der Waals surface area contributed by atoms with Gasteiger partial charge in [0.25, 0.3) is 0 Å². The van der Waals surface area contributed by atoms with Gasteiger partial charge < -0.3 is 10.2 Å². The zero-order valence-electron chi connectivity index (χ0n) is 11.5. The highest BCUT2D eigenvalue weighted by molar-refractivity contribution is 6.32. The zero-order chi connectivity index (χ0) is 14.7. The van der Waals surface area contributed by atoms with Gasteiger partial charge in [0.05, 0.1) is 11.9 Å². The number of anilines is 2. The fraction of sp³-hybridized carbons (Fsp3) is 0.214. The largest absolute Gasteiger partial charge is 0.347 e. The van der Waals surface area contributed by atoms with Crippen LogP contribution in [0.3, 0.4) is 0 Å². The van der Waals surface area contributed by atoms with Crippen LogP contribution < -0.4 is 10.2 Å². The Morgan fingerprint density at radius 1 is 1.30 bits per heavy atom. The maximum Gasteiger partial charge on any atom is 0.226 e. The van der Waals surface area contributed by atoms with E-state index in [0.29, 0.717) is 11.6 Å². The van der Waals surface area contributed by atoms with Gasteiger partial charge in [-0.2, -0.15) is 4.98 Å². The Kier molecular flexibility index (Phi) is 4.20. The van der Waals surface area contributed by atoms with Crippen molar-refractivity contribution in [3.63, 3.8) is 0 Å². The van der Waals surface area contributed by atoms with Gasteiger partial charge in [-0.15, -0.1) is 0 Å². The molecular formula is C14H15ClN4O. The third-order valence-corrected chi connectivity index (χ3v) is 2.84. The number of aromatic nitrogens is 2. The molecule has 0 aliphatic heterocycles. The summed E-state index contributed by atoms with van der Waals surface area (Å²) in [6, 6.07) is 8.48. The van der Waals surface area contributed by atoms with E-state index in [1.165, 1.54) is 24.2 Å². The molecule has 104 valence electrons. The molecule has 0 saturated carbocycles. The zero-order valence-corrected chi connectivity index (χ0v) is 12.3. The maximum absolute atomic E-state index is 10.7. The lowest BCUT2D eigenvalue weighted by molar-refractivity contribution is -0.114. The summed E-state index contributed by atoms with van der Waals surface area (Å²) in [5.41, 5.74) is 3.27. The average Bonchev–Trinajstić information content (AvgIpc) is 2.98. The Balaban J connectivity index is 0.000000198. The van der Waals surface area contributed by atoms with Gasteiger partial charge in [0.2, 0.25) is 11.9 Å². The molecule has 0 aromatic carbocycles. The summed E-state index contributed by atoms with van der Waals surface area (Å²) in [5, 5.41) is 2.76. The minimum absolute atomic E-state index is 0.201. The molecule has 6 heteroatoms. The van der Waals surface area contributed by atoms with E-state index in [0.717, 1.165) is 0 Å². The molecule has 0 atom stereocenters. The lowest BCUT2D eigenvalue weighted by atomic mass is 10.5. The predicted molar refractivity (Wildman–Crippen MR) is 81.1 cm³/mol. The first-order chi connectivity index (χ1) is 9.47. The standard InChI is InChI=1S/C8H11ClN4O.C6H4/c1-5(14)11-6-4-10-8(13(2)3)12-7(6)9;1-2-5-4-6(5)3-1/h4H,1-3H3,(H,11,14);1-4H. The van der Waals surface area contributed by atoms with Crippen LogP contribution in [0.25, 0.3) is 11.1 Å². The van der Waals surface area contributed by atoms with Crippen molar-refractivity contribution in [2.45, 2.75) is 6.92 Å². The van der Waals surface area contributed by atoms with Crippen molar-refractivity contribution < 1.29 is 4.79 Å². The molecule has 2 aliphatic rings. The Bertz CT molecular complexity index is 626. The highest BCUT2D eigenvalue weighted by Gasteiger charge is 2.07. The Labute approximate surface area is 122 Å². The molecule has 1 heterocycles. The van der Waals surface area contributed by atoms with Crippen LogP contribution in [0, 0.1) is 0 Å². The van der Waals surface area contributed by atoms with Crippen molar-refractivity contribution in [2.24, 2.45) is 0 Å². The Morgan fingerprint density at radius 3 is 2.30 bits per heavy atom. The molecule has 1 amide bonds. The number of hydrogen-bond donors (Lipinski definition) is 1. The van der Waals surface area contributed by atoms with Crippen molar-refractivity contribution in [1.82, 2.24) is 9.97 Å². The highest BCUT2D eigenvalue weighted by Crippen LogP contribution is 2.32. The van der Waals surface area contributed by atoms with Crippen molar-refractivity contribution in [2.75, 3.05) is 24.3 Å². The van der Waals surface area contributed by atoms with Gasteiger partial charge >= 0.3 is 0 Å². The molecule has 0 saturated heterocycles. The van der Waals surface area contributed by atoms with Crippen LogP contribution in [-0.2, 0) is 4.79 Å². The van der Waals surface area contributed by atoms with Crippen LogP contribution >= 0.6 is 11.6 Å². The molecule has 1 aromatic rings. The van der Waals surface area contributed by atoms with Gasteiger partial charge in [-0.1, -0.05) is 29.8 Å². The normalized spacial score (nSPS) is 10.2. The summed E-state index contributed by atoms with van der Waals surface area (Å²) in [6.45, 7) is 1.40. The summed E-state index contributed by atoms with van der Waals surface area (Å²) in [4.78, 5) is 20.5. The molecule has 0 radical (unpaired) electrons. The number of fused-ring (bicyclic) bond motifs is 1. The molecule has 0 bridgehead atoms. The first-order valence-electron chi connectivity index (χ1n) is 6.05. The van der Waals surface area contributed by atoms with Gasteiger partial charge in [-0.25, -0.2) is 4.98 Å². The lowest BCUT2D eigenvalue weighted by Gasteiger charge is -2.11. The van der Waals surface area contributed by atoms with Crippen molar-refractivity contribution in [3.05, 3.63) is 35.6 Å². The summed E-state index contributed by atoms with van der Waals surface area (Å²) < 4.78 is 0. The van der Waals surface area contributed by atoms with E-state index in [-0.39, 0.29) is 11.1 Å². The van der Waals surface area contributed by atoms with Crippen LogP contribution in [0.2, 0.25) is 5.15 Å². The fourth-order valence-electron chi connectivity index (χ4n) is 1.52. The SMILES string of the molecule is CC(=O)Nc1cnc(N(C)C)nc1Cl.c1cc2cc-2c1. The number of carbonyl (C=O) groups excluding carboxylic acids is 1. The van der Waals surface area contributed by atoms with Crippen LogP contribution in [0.15, 0.2) is 30.5 Å². The molecule has 1 N–H and O–H groups in total. The van der Waals surface area contributed by atoms with Crippen LogP contribution in [-0.4, -0.2) is 30.0 Å². The molecule has 3 rings (SSSR count). The van der Waals surface area contributed by atoms with Crippen molar-refractivity contribution >= 4 is 29.1 Å². The molecule has 0 fully saturated rings. The monoisotopic (exact) mass is 290 g/mol. The van der Waals surface area contributed by atoms with Crippen LogP contribution in [0.4, 0.5) is 11.6 Å². The van der Waals surface area contributed by atoms with Gasteiger partial charge in [-0.3, -0.25) is 4.79 Å². The van der Waals surface area contributed by atoms with E-state index in [9.17, 15) is 4.79 Å². The van der Waals surface area contributed by atoms with Crippen molar-refractivity contribution in [3.8, 4) is 11.1 Å². The molecule has 1 aromatic heterocycles. The second kappa shape index (κ2) is 5.88. The number of nitrogens with zero attached hydrogens (tertiary/aromatic N) is 3. The van der Waals surface area contributed by atoms with E-state index < -0.39 is 0 Å². The van der Waals surface area contributed by atoms with E-state index in [1.54, 1.807) is 4.90 Å². The van der Waals surface area contributed by atoms with Gasteiger partial charge in [-0.05, 0) is 17.2 Å². The minimum Gasteiger partial charge on any atom is -0.347 e. The predicted octanol–water partition coefficient (Wildman–Crippen LogP) is 2.82. The van der Waals surface area contributed by atoms with Crippen LogP contribution in [0.1, 0.15) is 6.92 Å². The van der Waals surface area contributed by atoms with E-state index in [1.807, 2.05) is 14.1 Å². The third kappa shape index (κ3) is 3.68. The summed E-state index contributed by atoms with van der Waals surface area (Å²) in [7, 11) is 3.62. The quantitative estimate of drug-likeness (QED) is 0.737. The number of hydrogen-bond acceptors (Lipinski definition) is 4. The van der Waals surface area contributed by atoms with E-state index in [2.05, 4.69) is 39.6 Å². The summed E-state index contributed by atoms with van der Waals surface area (Å²) >= 11 is 5.83. The maximum atomic E-state index is 10.7. The Morgan fingerprint density at radius 2 is 1.95 bits per heavy atom. The second-order valence-corrected chi connectivity index (χ2v) is 4.89. The van der Waals surface area contributed by atoms with Gasteiger partial charge in [0.15, 0.2) is 5.15 Å². The number of nitrogens with one attached hydrogen (secondary N) is 1. The average molecular weight is 291 g/mol. The molecule has 0 unspecified atom stereocenters. The first-order valence-corrected chi connectivity index (χ1v) is 6.43. The number of halogens is 1. The van der Waals surface area contributed by atoms with Crippen molar-refractivity contribution in [1.29, 1.82) is 0 Å². The second-order valence-electron chi connectivity index (χ2n) is 4.53. The van der Waals surface area contributed by atoms with E-state index in [4.69, 9.17) is 11.6 Å². The number of carbonyl (C=O) groups is 1. The fourth-order valence-corrected chi connectivity index (χ4v) is 1.69. The third-order valence-electron chi connectivity index (χ3n) is 2.55. The number of rotatable bonds is 2. The summed E-state index contributed by atoms with van der Waals surface area (Å²) in [6.07, 6.45) is 1.48. The van der Waals surface area contributed by atoms with E-state index >= 15 is 0 Å². The van der Waals surface area contributed by atoms with Gasteiger partial charge in [0, 0.05) is 21.0 Å². The lowest BCUT2D eigenvalue weighted by Crippen LogP contribution is -2.14. The molecule has 5 nitrogen and oxygen atoms in total. The minimum atomic E-state index is -0.201. The molecule has 0 spiro atoms. The number of amides is 1. The van der Waals surface area contributed by atoms with Crippen LogP contribution in [0.5, 0.6) is 0 Å².